The SMILES string of the molecule is CCOc1ccc(NC(=O)c2ccc(NC(=O)c3ccc(N(C)C)nn3)cc2)cc1. The molecule has 0 unspecified atom stereocenters. The van der Waals surface area contributed by atoms with Gasteiger partial charge in [-0.25, -0.2) is 0 Å². The van der Waals surface area contributed by atoms with E-state index in [1.807, 2.05) is 21.0 Å². The maximum atomic E-state index is 12.4. The molecule has 1 heterocycles. The second-order valence-corrected chi connectivity index (χ2v) is 6.61. The van der Waals surface area contributed by atoms with E-state index < -0.39 is 0 Å². The summed E-state index contributed by atoms with van der Waals surface area (Å²) in [6, 6.07) is 17.1. The van der Waals surface area contributed by atoms with Crippen LogP contribution in [0.15, 0.2) is 60.7 Å². The normalized spacial score (nSPS) is 10.2. The smallest absolute Gasteiger partial charge is 0.276 e. The second-order valence-electron chi connectivity index (χ2n) is 6.61. The summed E-state index contributed by atoms with van der Waals surface area (Å²) >= 11 is 0. The van der Waals surface area contributed by atoms with Gasteiger partial charge >= 0.3 is 0 Å². The fraction of sp³-hybridized carbons (Fsp3) is 0.182. The van der Waals surface area contributed by atoms with Crippen LogP contribution in [0.4, 0.5) is 17.2 Å². The molecule has 30 heavy (non-hydrogen) atoms. The first-order chi connectivity index (χ1) is 14.5. The number of hydrogen-bond donors (Lipinski definition) is 2. The Morgan fingerprint density at radius 3 is 1.97 bits per heavy atom. The Kier molecular flexibility index (Phi) is 6.59. The van der Waals surface area contributed by atoms with E-state index in [1.165, 1.54) is 0 Å². The van der Waals surface area contributed by atoms with E-state index in [4.69, 9.17) is 4.74 Å². The molecule has 8 heteroatoms. The number of amides is 2. The van der Waals surface area contributed by atoms with E-state index in [1.54, 1.807) is 65.6 Å². The standard InChI is InChI=1S/C22H23N5O3/c1-4-30-18-11-9-17(10-12-18)23-21(28)15-5-7-16(8-6-15)24-22(29)19-13-14-20(26-25-19)27(2)3/h5-14H,4H2,1-3H3,(H,23,28)(H,24,29). The minimum atomic E-state index is -0.376. The van der Waals surface area contributed by atoms with Gasteiger partial charge in [0, 0.05) is 31.0 Å². The molecule has 0 spiro atoms. The van der Waals surface area contributed by atoms with Gasteiger partial charge in [0.05, 0.1) is 6.61 Å². The molecule has 0 aliphatic heterocycles. The molecule has 1 aromatic heterocycles. The van der Waals surface area contributed by atoms with Crippen molar-refractivity contribution in [1.29, 1.82) is 0 Å². The summed E-state index contributed by atoms with van der Waals surface area (Å²) in [6.45, 7) is 2.50. The summed E-state index contributed by atoms with van der Waals surface area (Å²) in [6.07, 6.45) is 0. The van der Waals surface area contributed by atoms with Crippen molar-refractivity contribution in [3.63, 3.8) is 0 Å². The van der Waals surface area contributed by atoms with Gasteiger partial charge in [0.2, 0.25) is 0 Å². The molecular weight excluding hydrogens is 382 g/mol. The number of hydrogen-bond acceptors (Lipinski definition) is 6. The quantitative estimate of drug-likeness (QED) is 0.625. The van der Waals surface area contributed by atoms with E-state index >= 15 is 0 Å². The van der Waals surface area contributed by atoms with Crippen LogP contribution in [0.25, 0.3) is 0 Å². The summed E-state index contributed by atoms with van der Waals surface area (Å²) in [5.41, 5.74) is 1.90. The van der Waals surface area contributed by atoms with E-state index in [2.05, 4.69) is 20.8 Å². The predicted molar refractivity (Wildman–Crippen MR) is 116 cm³/mol. The van der Waals surface area contributed by atoms with E-state index in [-0.39, 0.29) is 17.5 Å². The van der Waals surface area contributed by atoms with Crippen LogP contribution in [-0.4, -0.2) is 42.7 Å². The van der Waals surface area contributed by atoms with Gasteiger partial charge in [-0.05, 0) is 67.6 Å². The molecule has 0 saturated heterocycles. The molecule has 2 aromatic carbocycles. The Bertz CT molecular complexity index is 1000. The Morgan fingerprint density at radius 1 is 0.833 bits per heavy atom. The molecular formula is C22H23N5O3. The molecule has 3 rings (SSSR count). The van der Waals surface area contributed by atoms with Crippen molar-refractivity contribution in [3.8, 4) is 5.75 Å². The van der Waals surface area contributed by atoms with Crippen molar-refractivity contribution in [3.05, 3.63) is 71.9 Å². The number of carbonyl (C=O) groups excluding carboxylic acids is 2. The van der Waals surface area contributed by atoms with Gasteiger partial charge in [-0.2, -0.15) is 0 Å². The highest BCUT2D eigenvalue weighted by molar-refractivity contribution is 6.05. The minimum Gasteiger partial charge on any atom is -0.494 e. The number of ether oxygens (including phenoxy) is 1. The lowest BCUT2D eigenvalue weighted by atomic mass is 10.2. The van der Waals surface area contributed by atoms with Crippen molar-refractivity contribution in [2.24, 2.45) is 0 Å². The average Bonchev–Trinajstić information content (AvgIpc) is 2.76. The predicted octanol–water partition coefficient (Wildman–Crippen LogP) is 3.45. The largest absolute Gasteiger partial charge is 0.494 e. The van der Waals surface area contributed by atoms with Crippen LogP contribution in [0.5, 0.6) is 5.75 Å². The number of nitrogens with one attached hydrogen (secondary N) is 2. The third-order valence-corrected chi connectivity index (χ3v) is 4.17. The maximum absolute atomic E-state index is 12.4. The molecule has 2 amide bonds. The summed E-state index contributed by atoms with van der Waals surface area (Å²) in [5.74, 6) is 0.785. The van der Waals surface area contributed by atoms with Crippen molar-refractivity contribution in [2.45, 2.75) is 6.92 Å². The average molecular weight is 405 g/mol. The molecule has 3 aromatic rings. The Labute approximate surface area is 174 Å². The number of rotatable bonds is 7. The molecule has 2 N–H and O–H groups in total. The van der Waals surface area contributed by atoms with Gasteiger partial charge in [-0.1, -0.05) is 0 Å². The van der Waals surface area contributed by atoms with Crippen molar-refractivity contribution in [2.75, 3.05) is 36.2 Å². The zero-order valence-corrected chi connectivity index (χ0v) is 17.0. The van der Waals surface area contributed by atoms with Crippen molar-refractivity contribution in [1.82, 2.24) is 10.2 Å². The van der Waals surface area contributed by atoms with E-state index in [9.17, 15) is 9.59 Å². The first-order valence-corrected chi connectivity index (χ1v) is 9.43. The summed E-state index contributed by atoms with van der Waals surface area (Å²) in [4.78, 5) is 26.5. The van der Waals surface area contributed by atoms with Gasteiger partial charge in [-0.3, -0.25) is 9.59 Å². The Morgan fingerprint density at radius 2 is 1.43 bits per heavy atom. The van der Waals surface area contributed by atoms with Gasteiger partial charge in [-0.15, -0.1) is 10.2 Å². The van der Waals surface area contributed by atoms with Crippen molar-refractivity contribution < 1.29 is 14.3 Å². The topological polar surface area (TPSA) is 96.5 Å². The Balaban J connectivity index is 1.59. The van der Waals surface area contributed by atoms with Gasteiger partial charge in [0.15, 0.2) is 11.5 Å². The van der Waals surface area contributed by atoms with Crippen molar-refractivity contribution >= 4 is 29.0 Å². The molecule has 0 bridgehead atoms. The number of benzene rings is 2. The van der Waals surface area contributed by atoms with Gasteiger partial charge in [0.25, 0.3) is 11.8 Å². The van der Waals surface area contributed by atoms with Crippen LogP contribution in [0.3, 0.4) is 0 Å². The first-order valence-electron chi connectivity index (χ1n) is 9.43. The monoisotopic (exact) mass is 405 g/mol. The summed E-state index contributed by atoms with van der Waals surface area (Å²) in [5, 5.41) is 13.5. The van der Waals surface area contributed by atoms with Crippen LogP contribution in [0, 0.1) is 0 Å². The van der Waals surface area contributed by atoms with Gasteiger partial charge < -0.3 is 20.3 Å². The summed E-state index contributed by atoms with van der Waals surface area (Å²) < 4.78 is 5.39. The molecule has 0 aliphatic carbocycles. The molecule has 154 valence electrons. The van der Waals surface area contributed by atoms with Gasteiger partial charge in [0.1, 0.15) is 5.75 Å². The Hall–Kier alpha value is -3.94. The number of anilines is 3. The van der Waals surface area contributed by atoms with Crippen LogP contribution in [-0.2, 0) is 0 Å². The van der Waals surface area contributed by atoms with Crippen LogP contribution >= 0.6 is 0 Å². The fourth-order valence-corrected chi connectivity index (χ4v) is 2.59. The van der Waals surface area contributed by atoms with Crippen LogP contribution in [0.2, 0.25) is 0 Å². The molecule has 0 radical (unpaired) electrons. The maximum Gasteiger partial charge on any atom is 0.276 e. The highest BCUT2D eigenvalue weighted by Crippen LogP contribution is 2.17. The fourth-order valence-electron chi connectivity index (χ4n) is 2.59. The van der Waals surface area contributed by atoms with E-state index in [0.29, 0.717) is 29.4 Å². The third-order valence-electron chi connectivity index (χ3n) is 4.17. The summed E-state index contributed by atoms with van der Waals surface area (Å²) in [7, 11) is 3.69. The third kappa shape index (κ3) is 5.32. The zero-order chi connectivity index (χ0) is 21.5. The molecule has 0 aliphatic rings. The lowest BCUT2D eigenvalue weighted by Crippen LogP contribution is -2.17. The molecule has 0 saturated carbocycles. The molecule has 8 nitrogen and oxygen atoms in total. The number of nitrogens with zero attached hydrogens (tertiary/aromatic N) is 3. The molecule has 0 atom stereocenters. The lowest BCUT2D eigenvalue weighted by molar-refractivity contribution is 0.101. The zero-order valence-electron chi connectivity index (χ0n) is 17.0. The first kappa shape index (κ1) is 20.8. The highest BCUT2D eigenvalue weighted by atomic mass is 16.5. The highest BCUT2D eigenvalue weighted by Gasteiger charge is 2.11. The van der Waals surface area contributed by atoms with E-state index in [0.717, 1.165) is 5.75 Å². The number of carbonyl (C=O) groups is 2. The second kappa shape index (κ2) is 9.51. The van der Waals surface area contributed by atoms with Crippen LogP contribution < -0.4 is 20.3 Å². The minimum absolute atomic E-state index is 0.206. The number of aromatic nitrogens is 2. The van der Waals surface area contributed by atoms with Crippen LogP contribution in [0.1, 0.15) is 27.8 Å². The lowest BCUT2D eigenvalue weighted by Gasteiger charge is -2.10. The molecule has 0 fully saturated rings.